The minimum absolute atomic E-state index is 0.298. The van der Waals surface area contributed by atoms with Crippen molar-refractivity contribution >= 4 is 34.7 Å². The zero-order chi connectivity index (χ0) is 25.4. The van der Waals surface area contributed by atoms with Gasteiger partial charge in [-0.1, -0.05) is 6.07 Å². The molecule has 0 aliphatic carbocycles. The summed E-state index contributed by atoms with van der Waals surface area (Å²) >= 11 is 0. The molecule has 35 heavy (non-hydrogen) atoms. The van der Waals surface area contributed by atoms with Crippen molar-refractivity contribution in [1.29, 1.82) is 0 Å². The Kier molecular flexibility index (Phi) is 8.24. The molecule has 1 aromatic carbocycles. The first kappa shape index (κ1) is 25.5. The van der Waals surface area contributed by atoms with Gasteiger partial charge in [0.1, 0.15) is 17.5 Å². The van der Waals surface area contributed by atoms with E-state index in [4.69, 9.17) is 4.74 Å². The number of carbonyl (C=O) groups is 3. The molecule has 0 aliphatic heterocycles. The van der Waals surface area contributed by atoms with Crippen LogP contribution in [-0.2, 0) is 16.1 Å². The van der Waals surface area contributed by atoms with Gasteiger partial charge in [-0.15, -0.1) is 0 Å². The van der Waals surface area contributed by atoms with Gasteiger partial charge in [0.15, 0.2) is 0 Å². The lowest BCUT2D eigenvalue weighted by molar-refractivity contribution is -0.139. The van der Waals surface area contributed by atoms with E-state index in [1.54, 1.807) is 51.4 Å². The Bertz CT molecular complexity index is 1170. The highest BCUT2D eigenvalue weighted by atomic mass is 16.6. The standard InChI is InChI=1S/C24H30N6O5/c1-24(2,3)35-23(34)29-18(22(32)33)15-27-21(31)16-8-9-19-17(13-16)14-28-30(19)12-6-11-26-20-7-4-5-10-25-20/h4-5,7-10,13-14,18H,6,11-12,15H2,1-3H3,(H,25,26)(H,27,31)(H,29,34)(H,32,33)/t18-/m0/s1. The summed E-state index contributed by atoms with van der Waals surface area (Å²) in [7, 11) is 0. The lowest BCUT2D eigenvalue weighted by Gasteiger charge is -2.22. The summed E-state index contributed by atoms with van der Waals surface area (Å²) in [6.45, 7) is 6.13. The van der Waals surface area contributed by atoms with E-state index in [0.717, 1.165) is 29.7 Å². The Labute approximate surface area is 202 Å². The van der Waals surface area contributed by atoms with Gasteiger partial charge in [0.2, 0.25) is 0 Å². The van der Waals surface area contributed by atoms with Crippen LogP contribution in [0.25, 0.3) is 10.9 Å². The average molecular weight is 483 g/mol. The second-order valence-electron chi connectivity index (χ2n) is 8.88. The first-order valence-electron chi connectivity index (χ1n) is 11.2. The first-order valence-corrected chi connectivity index (χ1v) is 11.2. The number of ether oxygens (including phenoxy) is 1. The minimum atomic E-state index is -1.33. The largest absolute Gasteiger partial charge is 0.480 e. The van der Waals surface area contributed by atoms with E-state index in [1.165, 1.54) is 0 Å². The third-order valence-corrected chi connectivity index (χ3v) is 4.88. The lowest BCUT2D eigenvalue weighted by atomic mass is 10.1. The number of carbonyl (C=O) groups excluding carboxylic acids is 2. The van der Waals surface area contributed by atoms with E-state index in [-0.39, 0.29) is 6.54 Å². The topological polar surface area (TPSA) is 147 Å². The summed E-state index contributed by atoms with van der Waals surface area (Å²) in [6, 6.07) is 9.50. The van der Waals surface area contributed by atoms with Gasteiger partial charge in [-0.2, -0.15) is 5.10 Å². The number of hydrogen-bond acceptors (Lipinski definition) is 7. The Morgan fingerprint density at radius 2 is 1.97 bits per heavy atom. The van der Waals surface area contributed by atoms with Gasteiger partial charge in [-0.05, 0) is 57.5 Å². The molecule has 0 fully saturated rings. The SMILES string of the molecule is CC(C)(C)OC(=O)N[C@@H](CNC(=O)c1ccc2c(cnn2CCCNc2ccccn2)c1)C(=O)O. The number of nitrogens with zero attached hydrogens (tertiary/aromatic N) is 3. The van der Waals surface area contributed by atoms with Crippen molar-refractivity contribution in [3.63, 3.8) is 0 Å². The molecule has 2 heterocycles. The van der Waals surface area contributed by atoms with Gasteiger partial charge in [-0.3, -0.25) is 9.48 Å². The molecule has 11 nitrogen and oxygen atoms in total. The van der Waals surface area contributed by atoms with E-state index >= 15 is 0 Å². The molecular formula is C24H30N6O5. The number of amides is 2. The Hall–Kier alpha value is -4.15. The smallest absolute Gasteiger partial charge is 0.408 e. The second-order valence-corrected chi connectivity index (χ2v) is 8.88. The second kappa shape index (κ2) is 11.3. The highest BCUT2D eigenvalue weighted by Crippen LogP contribution is 2.16. The number of aromatic nitrogens is 3. The van der Waals surface area contributed by atoms with Crippen LogP contribution in [0.2, 0.25) is 0 Å². The number of alkyl carbamates (subject to hydrolysis) is 1. The van der Waals surface area contributed by atoms with E-state index in [9.17, 15) is 19.5 Å². The number of carboxylic acid groups (broad SMARTS) is 1. The number of carboxylic acids is 1. The Morgan fingerprint density at radius 1 is 1.17 bits per heavy atom. The number of nitrogens with one attached hydrogen (secondary N) is 3. The summed E-state index contributed by atoms with van der Waals surface area (Å²) in [5.74, 6) is -0.929. The van der Waals surface area contributed by atoms with E-state index in [1.807, 2.05) is 22.9 Å². The molecule has 1 atom stereocenters. The molecule has 3 rings (SSSR count). The van der Waals surface area contributed by atoms with Crippen LogP contribution in [0.4, 0.5) is 10.6 Å². The van der Waals surface area contributed by atoms with Gasteiger partial charge in [-0.25, -0.2) is 14.6 Å². The maximum atomic E-state index is 12.6. The fraction of sp³-hybridized carbons (Fsp3) is 0.375. The molecule has 11 heteroatoms. The molecular weight excluding hydrogens is 452 g/mol. The van der Waals surface area contributed by atoms with Crippen LogP contribution < -0.4 is 16.0 Å². The molecule has 0 aliphatic rings. The average Bonchev–Trinajstić information content (AvgIpc) is 3.20. The number of pyridine rings is 1. The van der Waals surface area contributed by atoms with Crippen molar-refractivity contribution in [3.8, 4) is 0 Å². The number of aliphatic carboxylic acids is 1. The normalized spacial score (nSPS) is 12.1. The maximum absolute atomic E-state index is 12.6. The van der Waals surface area contributed by atoms with E-state index in [2.05, 4.69) is 26.0 Å². The minimum Gasteiger partial charge on any atom is -0.480 e. The van der Waals surface area contributed by atoms with Crippen molar-refractivity contribution < 1.29 is 24.2 Å². The lowest BCUT2D eigenvalue weighted by Crippen LogP contribution is -2.49. The van der Waals surface area contributed by atoms with Crippen LogP contribution in [0.3, 0.4) is 0 Å². The van der Waals surface area contributed by atoms with Crippen molar-refractivity contribution in [3.05, 3.63) is 54.4 Å². The maximum Gasteiger partial charge on any atom is 0.408 e. The quantitative estimate of drug-likeness (QED) is 0.323. The van der Waals surface area contributed by atoms with Gasteiger partial charge in [0, 0.05) is 36.8 Å². The van der Waals surface area contributed by atoms with Crippen LogP contribution in [0.1, 0.15) is 37.6 Å². The van der Waals surface area contributed by atoms with Crippen molar-refractivity contribution in [2.45, 2.75) is 45.4 Å². The first-order chi connectivity index (χ1) is 16.6. The van der Waals surface area contributed by atoms with E-state index < -0.39 is 29.6 Å². The fourth-order valence-corrected chi connectivity index (χ4v) is 3.27. The monoisotopic (exact) mass is 482 g/mol. The van der Waals surface area contributed by atoms with E-state index in [0.29, 0.717) is 12.1 Å². The number of aryl methyl sites for hydroxylation is 1. The molecule has 0 bridgehead atoms. The molecule has 0 saturated heterocycles. The third kappa shape index (κ3) is 7.70. The van der Waals surface area contributed by atoms with Gasteiger partial charge < -0.3 is 25.8 Å². The van der Waals surface area contributed by atoms with Crippen molar-refractivity contribution in [2.24, 2.45) is 0 Å². The summed E-state index contributed by atoms with van der Waals surface area (Å²) in [4.78, 5) is 40.2. The summed E-state index contributed by atoms with van der Waals surface area (Å²) in [5.41, 5.74) is 0.468. The van der Waals surface area contributed by atoms with Crippen molar-refractivity contribution in [2.75, 3.05) is 18.4 Å². The summed E-state index contributed by atoms with van der Waals surface area (Å²) in [6.07, 6.45) is 3.37. The van der Waals surface area contributed by atoms with Gasteiger partial charge in [0.25, 0.3) is 5.91 Å². The molecule has 0 spiro atoms. The predicted molar refractivity (Wildman–Crippen MR) is 130 cm³/mol. The number of benzene rings is 1. The van der Waals surface area contributed by atoms with Crippen LogP contribution >= 0.6 is 0 Å². The molecule has 0 radical (unpaired) electrons. The zero-order valence-electron chi connectivity index (χ0n) is 19.9. The number of fused-ring (bicyclic) bond motifs is 1. The Morgan fingerprint density at radius 3 is 2.66 bits per heavy atom. The van der Waals surface area contributed by atoms with Crippen LogP contribution in [0.15, 0.2) is 48.8 Å². The summed E-state index contributed by atoms with van der Waals surface area (Å²) in [5, 5.41) is 22.6. The molecule has 186 valence electrons. The zero-order valence-corrected chi connectivity index (χ0v) is 19.9. The van der Waals surface area contributed by atoms with Crippen LogP contribution in [0, 0.1) is 0 Å². The number of anilines is 1. The molecule has 3 aromatic rings. The number of hydrogen-bond donors (Lipinski definition) is 4. The summed E-state index contributed by atoms with van der Waals surface area (Å²) < 4.78 is 6.94. The molecule has 0 saturated carbocycles. The van der Waals surface area contributed by atoms with Gasteiger partial charge in [0.05, 0.1) is 11.7 Å². The van der Waals surface area contributed by atoms with Crippen LogP contribution in [-0.4, -0.2) is 62.6 Å². The Balaban J connectivity index is 1.54. The molecule has 2 aromatic heterocycles. The third-order valence-electron chi connectivity index (χ3n) is 4.88. The number of rotatable bonds is 10. The highest BCUT2D eigenvalue weighted by molar-refractivity contribution is 5.98. The van der Waals surface area contributed by atoms with Crippen molar-refractivity contribution in [1.82, 2.24) is 25.4 Å². The highest BCUT2D eigenvalue weighted by Gasteiger charge is 2.24. The molecule has 0 unspecified atom stereocenters. The fourth-order valence-electron chi connectivity index (χ4n) is 3.27. The van der Waals surface area contributed by atoms with Gasteiger partial charge >= 0.3 is 12.1 Å². The molecule has 2 amide bonds. The molecule has 4 N–H and O–H groups in total. The predicted octanol–water partition coefficient (Wildman–Crippen LogP) is 2.64. The van der Waals surface area contributed by atoms with Crippen LogP contribution in [0.5, 0.6) is 0 Å².